The van der Waals surface area contributed by atoms with Crippen LogP contribution >= 0.6 is 11.3 Å². The largest absolute Gasteiger partial charge is 0.398 e. The molecule has 1 unspecified atom stereocenters. The second-order valence-electron chi connectivity index (χ2n) is 15.9. The number of hydrogen-bond donors (Lipinski definition) is 1. The Balaban J connectivity index is 1.05. The number of thiophene rings is 1. The van der Waals surface area contributed by atoms with Crippen molar-refractivity contribution < 1.29 is 0 Å². The molecule has 0 radical (unpaired) electrons. The molecule has 3 heteroatoms. The average molecular weight is 729 g/mol. The molecule has 0 spiro atoms. The van der Waals surface area contributed by atoms with E-state index in [2.05, 4.69) is 154 Å². The first-order valence-electron chi connectivity index (χ1n) is 19.7. The van der Waals surface area contributed by atoms with E-state index in [1.54, 1.807) is 0 Å². The van der Waals surface area contributed by atoms with Gasteiger partial charge in [-0.1, -0.05) is 142 Å². The van der Waals surface area contributed by atoms with E-state index in [1.807, 2.05) is 17.4 Å². The number of benzene rings is 5. The zero-order chi connectivity index (χ0) is 37.3. The molecule has 4 aliphatic carbocycles. The predicted octanol–water partition coefficient (Wildman–Crippen LogP) is 13.9. The SMILES string of the molecule is C=C(N=C(C1=CCC(C2=CCCC=C2)C=C1)C1=C(N)C=CCC1)c1ccc2sc3c(-c4ccc5c6c(cccc46)C(C)(C)c4ccccc4-5)cccc3c2c1. The van der Waals surface area contributed by atoms with E-state index in [0.29, 0.717) is 5.92 Å². The summed E-state index contributed by atoms with van der Waals surface area (Å²) in [5.74, 6) is 0.403. The third-order valence-electron chi connectivity index (χ3n) is 12.3. The minimum Gasteiger partial charge on any atom is -0.398 e. The zero-order valence-corrected chi connectivity index (χ0v) is 32.3. The van der Waals surface area contributed by atoms with Gasteiger partial charge >= 0.3 is 0 Å². The summed E-state index contributed by atoms with van der Waals surface area (Å²) >= 11 is 1.88. The van der Waals surface area contributed by atoms with Gasteiger partial charge in [0.25, 0.3) is 0 Å². The highest BCUT2D eigenvalue weighted by molar-refractivity contribution is 7.26. The van der Waals surface area contributed by atoms with Crippen LogP contribution in [0.3, 0.4) is 0 Å². The van der Waals surface area contributed by atoms with Crippen molar-refractivity contribution in [1.82, 2.24) is 0 Å². The normalized spacial score (nSPS) is 18.9. The Bertz CT molecular complexity index is 2840. The molecule has 0 saturated heterocycles. The number of aliphatic imine (C=N–C) groups is 1. The summed E-state index contributed by atoms with van der Waals surface area (Å²) < 4.78 is 2.57. The molecule has 1 atom stereocenters. The van der Waals surface area contributed by atoms with Gasteiger partial charge in [0.1, 0.15) is 0 Å². The van der Waals surface area contributed by atoms with Crippen LogP contribution in [0.4, 0.5) is 0 Å². The molecule has 1 aromatic heterocycles. The molecule has 0 saturated carbocycles. The predicted molar refractivity (Wildman–Crippen MR) is 238 cm³/mol. The topological polar surface area (TPSA) is 38.4 Å². The van der Waals surface area contributed by atoms with Crippen molar-refractivity contribution >= 4 is 53.7 Å². The molecular formula is C52H44N2S. The second kappa shape index (κ2) is 13.2. The van der Waals surface area contributed by atoms with Crippen LogP contribution in [-0.2, 0) is 5.41 Å². The molecule has 55 heavy (non-hydrogen) atoms. The van der Waals surface area contributed by atoms with E-state index in [1.165, 1.54) is 69.9 Å². The molecule has 10 rings (SSSR count). The Labute approximate surface area is 327 Å². The van der Waals surface area contributed by atoms with Crippen molar-refractivity contribution in [3.05, 3.63) is 185 Å². The highest BCUT2D eigenvalue weighted by Gasteiger charge is 2.33. The maximum atomic E-state index is 6.64. The van der Waals surface area contributed by atoms with Crippen LogP contribution in [0.2, 0.25) is 0 Å². The Morgan fingerprint density at radius 1 is 0.745 bits per heavy atom. The van der Waals surface area contributed by atoms with Crippen LogP contribution in [0.25, 0.3) is 58.9 Å². The highest BCUT2D eigenvalue weighted by atomic mass is 32.1. The maximum Gasteiger partial charge on any atom is 0.0758 e. The number of hydrogen-bond acceptors (Lipinski definition) is 3. The fraction of sp³-hybridized carbons (Fsp3) is 0.173. The van der Waals surface area contributed by atoms with Crippen LogP contribution in [0, 0.1) is 5.92 Å². The quantitative estimate of drug-likeness (QED) is 0.170. The Hall–Kier alpha value is -5.77. The minimum absolute atomic E-state index is 0.0843. The van der Waals surface area contributed by atoms with Gasteiger partial charge in [0.05, 0.1) is 11.4 Å². The Morgan fingerprint density at radius 2 is 1.55 bits per heavy atom. The zero-order valence-electron chi connectivity index (χ0n) is 31.5. The third-order valence-corrected chi connectivity index (χ3v) is 13.5. The summed E-state index contributed by atoms with van der Waals surface area (Å²) in [5, 5.41) is 5.19. The van der Waals surface area contributed by atoms with E-state index in [9.17, 15) is 0 Å². The van der Waals surface area contributed by atoms with Crippen molar-refractivity contribution in [2.75, 3.05) is 0 Å². The molecule has 6 aromatic rings. The highest BCUT2D eigenvalue weighted by Crippen LogP contribution is 2.51. The maximum absolute atomic E-state index is 6.64. The standard InChI is InChI=1S/C52H44N2S/c1-32(54-50(43-16-8-10-22-47(43)53)35-25-23-34(24-26-35)33-13-5-4-6-14-33)36-27-30-48-44(31-36)42-19-11-18-41(51(42)55-48)37-28-29-40-38-15-7-9-20-45(38)52(2,3)46-21-12-17-39(37)49(40)46/h5,7,9-15,17-23,25-31,34H,1,4,6,8,16,24,53H2,2-3H3. The van der Waals surface area contributed by atoms with Gasteiger partial charge in [0, 0.05) is 53.9 Å². The number of nitrogens with two attached hydrogens (primary N) is 1. The van der Waals surface area contributed by atoms with Crippen LogP contribution < -0.4 is 5.73 Å². The van der Waals surface area contributed by atoms with Gasteiger partial charge in [-0.3, -0.25) is 0 Å². The van der Waals surface area contributed by atoms with Crippen LogP contribution in [0.1, 0.15) is 62.6 Å². The molecule has 0 aliphatic heterocycles. The first-order chi connectivity index (χ1) is 26.9. The first kappa shape index (κ1) is 33.8. The van der Waals surface area contributed by atoms with Crippen LogP contribution in [0.5, 0.6) is 0 Å². The Kier molecular flexibility index (Phi) is 8.11. The molecule has 2 nitrogen and oxygen atoms in total. The average Bonchev–Trinajstić information content (AvgIpc) is 3.61. The summed E-state index contributed by atoms with van der Waals surface area (Å²) in [4.78, 5) is 5.32. The van der Waals surface area contributed by atoms with E-state index >= 15 is 0 Å². The molecule has 4 aliphatic rings. The van der Waals surface area contributed by atoms with Crippen LogP contribution in [0.15, 0.2) is 174 Å². The van der Waals surface area contributed by atoms with Crippen LogP contribution in [-0.4, -0.2) is 5.71 Å². The molecule has 2 N–H and O–H groups in total. The lowest BCUT2D eigenvalue weighted by atomic mass is 9.68. The Morgan fingerprint density at radius 3 is 2.38 bits per heavy atom. The van der Waals surface area contributed by atoms with E-state index < -0.39 is 0 Å². The second-order valence-corrected chi connectivity index (χ2v) is 16.9. The summed E-state index contributed by atoms with van der Waals surface area (Å²) in [6, 6.07) is 34.0. The monoisotopic (exact) mass is 728 g/mol. The smallest absolute Gasteiger partial charge is 0.0758 e. The number of rotatable bonds is 6. The van der Waals surface area contributed by atoms with E-state index in [0.717, 1.165) is 65.9 Å². The van der Waals surface area contributed by atoms with Gasteiger partial charge < -0.3 is 5.73 Å². The summed E-state index contributed by atoms with van der Waals surface area (Å²) in [6.07, 6.45) is 23.1. The molecule has 0 bridgehead atoms. The van der Waals surface area contributed by atoms with Gasteiger partial charge in [0.2, 0.25) is 0 Å². The molecule has 268 valence electrons. The number of allylic oxidation sites excluding steroid dienone is 11. The summed E-state index contributed by atoms with van der Waals surface area (Å²) in [6.45, 7) is 9.29. The lowest BCUT2D eigenvalue weighted by Crippen LogP contribution is -2.23. The van der Waals surface area contributed by atoms with Crippen molar-refractivity contribution in [3.8, 4) is 22.3 Å². The van der Waals surface area contributed by atoms with Crippen molar-refractivity contribution in [1.29, 1.82) is 0 Å². The molecule has 5 aromatic carbocycles. The lowest BCUT2D eigenvalue weighted by Gasteiger charge is -2.35. The van der Waals surface area contributed by atoms with E-state index in [4.69, 9.17) is 10.7 Å². The minimum atomic E-state index is -0.0843. The van der Waals surface area contributed by atoms with Gasteiger partial charge in [0.15, 0.2) is 0 Å². The third kappa shape index (κ3) is 5.55. The van der Waals surface area contributed by atoms with Gasteiger partial charge in [-0.15, -0.1) is 11.3 Å². The lowest BCUT2D eigenvalue weighted by molar-refractivity contribution is 0.645. The summed E-state index contributed by atoms with van der Waals surface area (Å²) in [7, 11) is 0. The summed E-state index contributed by atoms with van der Waals surface area (Å²) in [5.41, 5.74) is 21.8. The fourth-order valence-corrected chi connectivity index (χ4v) is 10.6. The molecule has 1 heterocycles. The van der Waals surface area contributed by atoms with Gasteiger partial charge in [-0.05, 0) is 100 Å². The molecular weight excluding hydrogens is 685 g/mol. The fourth-order valence-electron chi connectivity index (χ4n) is 9.38. The van der Waals surface area contributed by atoms with Crippen molar-refractivity contribution in [3.63, 3.8) is 0 Å². The first-order valence-corrected chi connectivity index (χ1v) is 20.5. The molecule has 0 fully saturated rings. The number of fused-ring (bicyclic) bond motifs is 5. The molecule has 0 amide bonds. The van der Waals surface area contributed by atoms with Crippen molar-refractivity contribution in [2.24, 2.45) is 16.6 Å². The van der Waals surface area contributed by atoms with E-state index in [-0.39, 0.29) is 5.41 Å². The van der Waals surface area contributed by atoms with Crippen molar-refractivity contribution in [2.45, 2.75) is 51.4 Å². The number of nitrogens with zero attached hydrogens (tertiary/aromatic N) is 1. The van der Waals surface area contributed by atoms with Gasteiger partial charge in [-0.25, -0.2) is 4.99 Å². The van der Waals surface area contributed by atoms with Gasteiger partial charge in [-0.2, -0.15) is 0 Å².